The Bertz CT molecular complexity index is 258. The molecule has 1 aliphatic rings. The summed E-state index contributed by atoms with van der Waals surface area (Å²) in [4.78, 5) is 13.7. The molecule has 0 spiro atoms. The maximum Gasteiger partial charge on any atom is 0.410 e. The van der Waals surface area contributed by atoms with E-state index in [-0.39, 0.29) is 18.4 Å². The molecule has 1 heterocycles. The normalized spacial score (nSPS) is 21.1. The molecule has 0 unspecified atom stereocenters. The third-order valence-corrected chi connectivity index (χ3v) is 2.71. The highest BCUT2D eigenvalue weighted by Gasteiger charge is 2.37. The van der Waals surface area contributed by atoms with Crippen molar-refractivity contribution < 1.29 is 19.0 Å². The molecule has 0 N–H and O–H groups in total. The predicted molar refractivity (Wildman–Crippen MR) is 63.8 cm³/mol. The largest absolute Gasteiger partial charge is 0.444 e. The predicted octanol–water partition coefficient (Wildman–Crippen LogP) is 2.00. The van der Waals surface area contributed by atoms with E-state index in [4.69, 9.17) is 14.2 Å². The van der Waals surface area contributed by atoms with E-state index in [9.17, 15) is 4.79 Å². The van der Waals surface area contributed by atoms with E-state index in [2.05, 4.69) is 0 Å². The highest BCUT2D eigenvalue weighted by Crippen LogP contribution is 2.24. The molecule has 0 aromatic rings. The highest BCUT2D eigenvalue weighted by molar-refractivity contribution is 5.69. The van der Waals surface area contributed by atoms with Crippen LogP contribution in [0.15, 0.2) is 0 Å². The van der Waals surface area contributed by atoms with Crippen molar-refractivity contribution in [1.29, 1.82) is 0 Å². The van der Waals surface area contributed by atoms with Crippen LogP contribution in [-0.4, -0.2) is 49.7 Å². The van der Waals surface area contributed by atoms with E-state index in [0.29, 0.717) is 6.54 Å². The number of methoxy groups -OCH3 is 2. The maximum absolute atomic E-state index is 12.0. The van der Waals surface area contributed by atoms with Crippen LogP contribution >= 0.6 is 0 Å². The first-order valence-corrected chi connectivity index (χ1v) is 5.94. The Morgan fingerprint density at radius 1 is 1.29 bits per heavy atom. The Morgan fingerprint density at radius 2 is 1.88 bits per heavy atom. The van der Waals surface area contributed by atoms with Gasteiger partial charge in [0.15, 0.2) is 6.29 Å². The van der Waals surface area contributed by atoms with Crippen molar-refractivity contribution >= 4 is 6.09 Å². The second-order valence-electron chi connectivity index (χ2n) is 5.22. The molecule has 1 rings (SSSR count). The lowest BCUT2D eigenvalue weighted by atomic mass is 10.2. The second-order valence-corrected chi connectivity index (χ2v) is 5.22. The number of hydrogen-bond acceptors (Lipinski definition) is 4. The van der Waals surface area contributed by atoms with Gasteiger partial charge in [-0.25, -0.2) is 4.79 Å². The molecule has 5 nitrogen and oxygen atoms in total. The smallest absolute Gasteiger partial charge is 0.410 e. The number of ether oxygens (including phenoxy) is 3. The van der Waals surface area contributed by atoms with Gasteiger partial charge in [0.2, 0.25) is 0 Å². The second kappa shape index (κ2) is 5.69. The summed E-state index contributed by atoms with van der Waals surface area (Å²) in [5, 5.41) is 0. The molecule has 1 amide bonds. The van der Waals surface area contributed by atoms with Crippen LogP contribution in [0.5, 0.6) is 0 Å². The summed E-state index contributed by atoms with van der Waals surface area (Å²) in [6.07, 6.45) is 1.16. The summed E-state index contributed by atoms with van der Waals surface area (Å²) in [6.45, 7) is 6.28. The fraction of sp³-hybridized carbons (Fsp3) is 0.917. The molecule has 1 atom stereocenters. The molecular weight excluding hydrogens is 222 g/mol. The number of likely N-dealkylation sites (tertiary alicyclic amines) is 1. The standard InChI is InChI=1S/C12H23NO4/c1-12(2,3)17-11(14)13-8-6-7-9(13)10(15-4)16-5/h9-10H,6-8H2,1-5H3/t9-/m0/s1. The molecule has 0 aliphatic carbocycles. The molecule has 100 valence electrons. The third-order valence-electron chi connectivity index (χ3n) is 2.71. The van der Waals surface area contributed by atoms with Crippen LogP contribution in [0.1, 0.15) is 33.6 Å². The number of carbonyl (C=O) groups is 1. The van der Waals surface area contributed by atoms with Crippen LogP contribution in [0.25, 0.3) is 0 Å². The average Bonchev–Trinajstić information content (AvgIpc) is 2.66. The Labute approximate surface area is 103 Å². The summed E-state index contributed by atoms with van der Waals surface area (Å²) in [7, 11) is 3.17. The Balaban J connectivity index is 2.65. The lowest BCUT2D eigenvalue weighted by Gasteiger charge is -2.31. The molecule has 0 aromatic heterocycles. The van der Waals surface area contributed by atoms with E-state index in [1.54, 1.807) is 19.1 Å². The van der Waals surface area contributed by atoms with Crippen molar-refractivity contribution in [1.82, 2.24) is 4.90 Å². The van der Waals surface area contributed by atoms with E-state index < -0.39 is 5.60 Å². The monoisotopic (exact) mass is 245 g/mol. The molecule has 0 aromatic carbocycles. The quantitative estimate of drug-likeness (QED) is 0.714. The minimum absolute atomic E-state index is 0.0557. The van der Waals surface area contributed by atoms with Gasteiger partial charge >= 0.3 is 6.09 Å². The number of nitrogens with zero attached hydrogens (tertiary/aromatic N) is 1. The zero-order chi connectivity index (χ0) is 13.1. The molecule has 1 saturated heterocycles. The minimum atomic E-state index is -0.472. The Morgan fingerprint density at radius 3 is 2.35 bits per heavy atom. The fourth-order valence-corrected chi connectivity index (χ4v) is 2.03. The van der Waals surface area contributed by atoms with Gasteiger partial charge in [-0.05, 0) is 33.6 Å². The van der Waals surface area contributed by atoms with Gasteiger partial charge in [-0.15, -0.1) is 0 Å². The lowest BCUT2D eigenvalue weighted by molar-refractivity contribution is -0.138. The number of hydrogen-bond donors (Lipinski definition) is 0. The maximum atomic E-state index is 12.0. The van der Waals surface area contributed by atoms with Gasteiger partial charge < -0.3 is 19.1 Å². The van der Waals surface area contributed by atoms with Crippen molar-refractivity contribution in [3.05, 3.63) is 0 Å². The summed E-state index contributed by atoms with van der Waals surface area (Å²) in [6, 6.07) is -0.0557. The first-order chi connectivity index (χ1) is 7.89. The van der Waals surface area contributed by atoms with Gasteiger partial charge in [0.05, 0.1) is 6.04 Å². The van der Waals surface area contributed by atoms with E-state index in [0.717, 1.165) is 12.8 Å². The van der Waals surface area contributed by atoms with E-state index in [1.807, 2.05) is 20.8 Å². The number of amides is 1. The SMILES string of the molecule is COC(OC)[C@@H]1CCCN1C(=O)OC(C)(C)C. The van der Waals surface area contributed by atoms with Crippen molar-refractivity contribution in [2.75, 3.05) is 20.8 Å². The molecule has 0 bridgehead atoms. The number of rotatable bonds is 3. The van der Waals surface area contributed by atoms with Crippen LogP contribution in [0.4, 0.5) is 4.79 Å². The minimum Gasteiger partial charge on any atom is -0.444 e. The van der Waals surface area contributed by atoms with Gasteiger partial charge in [0.25, 0.3) is 0 Å². The highest BCUT2D eigenvalue weighted by atomic mass is 16.7. The van der Waals surface area contributed by atoms with Crippen molar-refractivity contribution in [3.8, 4) is 0 Å². The summed E-state index contributed by atoms with van der Waals surface area (Å²) < 4.78 is 15.8. The van der Waals surface area contributed by atoms with Crippen LogP contribution < -0.4 is 0 Å². The first kappa shape index (κ1) is 14.3. The Hall–Kier alpha value is -0.810. The van der Waals surface area contributed by atoms with Crippen LogP contribution in [0, 0.1) is 0 Å². The fourth-order valence-electron chi connectivity index (χ4n) is 2.03. The number of carbonyl (C=O) groups excluding carboxylic acids is 1. The van der Waals surface area contributed by atoms with E-state index >= 15 is 0 Å². The molecule has 1 fully saturated rings. The average molecular weight is 245 g/mol. The van der Waals surface area contributed by atoms with E-state index in [1.165, 1.54) is 0 Å². The topological polar surface area (TPSA) is 48.0 Å². The third kappa shape index (κ3) is 3.85. The van der Waals surface area contributed by atoms with Crippen molar-refractivity contribution in [2.45, 2.75) is 51.5 Å². The van der Waals surface area contributed by atoms with Crippen LogP contribution in [0.3, 0.4) is 0 Å². The molecular formula is C12H23NO4. The summed E-state index contributed by atoms with van der Waals surface area (Å²) in [5.74, 6) is 0. The lowest BCUT2D eigenvalue weighted by Crippen LogP contribution is -2.46. The molecule has 17 heavy (non-hydrogen) atoms. The first-order valence-electron chi connectivity index (χ1n) is 5.94. The Kier molecular flexibility index (Phi) is 4.77. The van der Waals surface area contributed by atoms with Crippen molar-refractivity contribution in [2.24, 2.45) is 0 Å². The van der Waals surface area contributed by atoms with Crippen LogP contribution in [0.2, 0.25) is 0 Å². The molecule has 1 aliphatic heterocycles. The van der Waals surface area contributed by atoms with Gasteiger partial charge in [0, 0.05) is 20.8 Å². The molecule has 0 saturated carbocycles. The summed E-state index contributed by atoms with van der Waals surface area (Å²) in [5.41, 5.74) is -0.472. The van der Waals surface area contributed by atoms with Gasteiger partial charge in [-0.1, -0.05) is 0 Å². The molecule has 0 radical (unpaired) electrons. The van der Waals surface area contributed by atoms with Crippen molar-refractivity contribution in [3.63, 3.8) is 0 Å². The zero-order valence-corrected chi connectivity index (χ0v) is 11.4. The van der Waals surface area contributed by atoms with Gasteiger partial charge in [-0.3, -0.25) is 0 Å². The summed E-state index contributed by atoms with van der Waals surface area (Å²) >= 11 is 0. The van der Waals surface area contributed by atoms with Gasteiger partial charge in [-0.2, -0.15) is 0 Å². The van der Waals surface area contributed by atoms with Gasteiger partial charge in [0.1, 0.15) is 5.60 Å². The zero-order valence-electron chi connectivity index (χ0n) is 11.4. The molecule has 5 heteroatoms. The van der Waals surface area contributed by atoms with Crippen LogP contribution in [-0.2, 0) is 14.2 Å².